The van der Waals surface area contributed by atoms with Crippen molar-refractivity contribution < 1.29 is 14.4 Å². The molecule has 0 bridgehead atoms. The van der Waals surface area contributed by atoms with Crippen molar-refractivity contribution in [2.24, 2.45) is 0 Å². The summed E-state index contributed by atoms with van der Waals surface area (Å²) in [6, 6.07) is 17.4. The molecule has 1 saturated heterocycles. The Bertz CT molecular complexity index is 1150. The molecule has 1 aliphatic rings. The van der Waals surface area contributed by atoms with Gasteiger partial charge in [0.25, 0.3) is 5.91 Å². The van der Waals surface area contributed by atoms with Crippen molar-refractivity contribution in [2.45, 2.75) is 44.9 Å². The van der Waals surface area contributed by atoms with E-state index in [-0.39, 0.29) is 17.7 Å². The maximum Gasteiger partial charge on any atom is 0.267 e. The van der Waals surface area contributed by atoms with Gasteiger partial charge in [0.05, 0.1) is 16.1 Å². The van der Waals surface area contributed by atoms with Gasteiger partial charge in [-0.15, -0.1) is 11.3 Å². The molecule has 32 heavy (non-hydrogen) atoms. The minimum Gasteiger partial charge on any atom is -0.321 e. The van der Waals surface area contributed by atoms with Crippen LogP contribution >= 0.6 is 11.3 Å². The highest BCUT2D eigenvalue weighted by atomic mass is 32.1. The van der Waals surface area contributed by atoms with Crippen molar-refractivity contribution in [3.63, 3.8) is 0 Å². The van der Waals surface area contributed by atoms with Gasteiger partial charge in [-0.1, -0.05) is 49.4 Å². The number of nitrogens with zero attached hydrogens (tertiary/aromatic N) is 1. The molecular weight excluding hydrogens is 422 g/mol. The van der Waals surface area contributed by atoms with Crippen molar-refractivity contribution in [3.8, 4) is 0 Å². The quantitative estimate of drug-likeness (QED) is 0.549. The molecule has 0 saturated carbocycles. The first kappa shape index (κ1) is 21.9. The zero-order valence-electron chi connectivity index (χ0n) is 18.1. The minimum atomic E-state index is -0.711. The van der Waals surface area contributed by atoms with Gasteiger partial charge < -0.3 is 5.32 Å². The standard InChI is InChI=1S/C25H25N3O3S/c1-3-25(14-13-20(29)28-24(25)31)18-9-11-19(12-10-18)27-23(30)22-16(2)26-21(32-22)15-17-7-5-4-6-8-17/h4-12H,3,13-15H2,1-2H3,(H,27,30)(H,28,29,31). The highest BCUT2D eigenvalue weighted by Crippen LogP contribution is 2.36. The lowest BCUT2D eigenvalue weighted by Crippen LogP contribution is -2.51. The topological polar surface area (TPSA) is 88.2 Å². The number of carbonyl (C=O) groups is 3. The number of aryl methyl sites for hydroxylation is 1. The number of thiazole rings is 1. The Kier molecular flexibility index (Phi) is 6.19. The van der Waals surface area contributed by atoms with Crippen molar-refractivity contribution in [3.05, 3.63) is 81.3 Å². The van der Waals surface area contributed by atoms with E-state index in [2.05, 4.69) is 15.6 Å². The van der Waals surface area contributed by atoms with Gasteiger partial charge in [0.1, 0.15) is 4.88 Å². The predicted octanol–water partition coefficient (Wildman–Crippen LogP) is 4.38. The number of amides is 3. The Balaban J connectivity index is 1.47. The van der Waals surface area contributed by atoms with Crippen LogP contribution in [-0.2, 0) is 21.4 Å². The van der Waals surface area contributed by atoms with Crippen molar-refractivity contribution in [1.82, 2.24) is 10.3 Å². The number of aromatic nitrogens is 1. The second-order valence-electron chi connectivity index (χ2n) is 8.03. The number of anilines is 1. The molecule has 1 atom stereocenters. The minimum absolute atomic E-state index is 0.196. The third-order valence-electron chi connectivity index (χ3n) is 6.01. The second kappa shape index (κ2) is 9.04. The molecule has 0 spiro atoms. The van der Waals surface area contributed by atoms with Crippen LogP contribution in [-0.4, -0.2) is 22.7 Å². The third kappa shape index (κ3) is 4.34. The van der Waals surface area contributed by atoms with E-state index in [1.54, 1.807) is 12.1 Å². The zero-order chi connectivity index (χ0) is 22.7. The molecule has 3 amide bonds. The third-order valence-corrected chi connectivity index (χ3v) is 7.17. The Labute approximate surface area is 191 Å². The molecule has 0 aliphatic carbocycles. The summed E-state index contributed by atoms with van der Waals surface area (Å²) < 4.78 is 0. The molecule has 1 aromatic heterocycles. The lowest BCUT2D eigenvalue weighted by molar-refractivity contribution is -0.138. The van der Waals surface area contributed by atoms with Gasteiger partial charge in [-0.25, -0.2) is 4.98 Å². The lowest BCUT2D eigenvalue weighted by Gasteiger charge is -2.35. The number of rotatable bonds is 6. The molecule has 1 aliphatic heterocycles. The number of hydrogen-bond donors (Lipinski definition) is 2. The summed E-state index contributed by atoms with van der Waals surface area (Å²) in [7, 11) is 0. The van der Waals surface area contributed by atoms with Crippen molar-refractivity contribution >= 4 is 34.7 Å². The van der Waals surface area contributed by atoms with Crippen LogP contribution in [0.2, 0.25) is 0 Å². The van der Waals surface area contributed by atoms with Gasteiger partial charge in [-0.05, 0) is 43.0 Å². The van der Waals surface area contributed by atoms with Gasteiger partial charge in [0.15, 0.2) is 0 Å². The van der Waals surface area contributed by atoms with Crippen LogP contribution in [0.15, 0.2) is 54.6 Å². The highest BCUT2D eigenvalue weighted by Gasteiger charge is 2.42. The SMILES string of the molecule is CCC1(c2ccc(NC(=O)c3sc(Cc4ccccc4)nc3C)cc2)CCC(=O)NC1=O. The smallest absolute Gasteiger partial charge is 0.267 e. The normalized spacial score (nSPS) is 18.3. The second-order valence-corrected chi connectivity index (χ2v) is 9.11. The maximum atomic E-state index is 12.9. The molecule has 2 aromatic carbocycles. The van der Waals surface area contributed by atoms with E-state index in [0.717, 1.165) is 16.1 Å². The molecule has 4 rings (SSSR count). The summed E-state index contributed by atoms with van der Waals surface area (Å²) in [4.78, 5) is 42.1. The van der Waals surface area contributed by atoms with Gasteiger partial charge in [0.2, 0.25) is 11.8 Å². The van der Waals surface area contributed by atoms with Crippen LogP contribution in [0.3, 0.4) is 0 Å². The Morgan fingerprint density at radius 1 is 1.12 bits per heavy atom. The van der Waals surface area contributed by atoms with E-state index in [1.807, 2.05) is 56.3 Å². The van der Waals surface area contributed by atoms with Crippen molar-refractivity contribution in [2.75, 3.05) is 5.32 Å². The summed E-state index contributed by atoms with van der Waals surface area (Å²) >= 11 is 1.40. The molecule has 6 nitrogen and oxygen atoms in total. The zero-order valence-corrected chi connectivity index (χ0v) is 18.9. The molecule has 1 fully saturated rings. The Morgan fingerprint density at radius 2 is 1.84 bits per heavy atom. The molecule has 2 heterocycles. The van der Waals surface area contributed by atoms with Crippen molar-refractivity contribution in [1.29, 1.82) is 0 Å². The van der Waals surface area contributed by atoms with E-state index in [4.69, 9.17) is 0 Å². The first-order valence-corrected chi connectivity index (χ1v) is 11.5. The number of piperidine rings is 1. The van der Waals surface area contributed by atoms with E-state index in [9.17, 15) is 14.4 Å². The van der Waals surface area contributed by atoms with Crippen LogP contribution in [0.4, 0.5) is 5.69 Å². The van der Waals surface area contributed by atoms with Crippen LogP contribution < -0.4 is 10.6 Å². The van der Waals surface area contributed by atoms with E-state index in [0.29, 0.717) is 41.9 Å². The van der Waals surface area contributed by atoms with E-state index < -0.39 is 5.41 Å². The van der Waals surface area contributed by atoms with Crippen LogP contribution in [0, 0.1) is 6.92 Å². The largest absolute Gasteiger partial charge is 0.321 e. The highest BCUT2D eigenvalue weighted by molar-refractivity contribution is 7.14. The average Bonchev–Trinajstić information content (AvgIpc) is 3.15. The number of nitrogens with one attached hydrogen (secondary N) is 2. The molecular formula is C25H25N3O3S. The maximum absolute atomic E-state index is 12.9. The number of imide groups is 1. The fourth-order valence-corrected chi connectivity index (χ4v) is 5.13. The molecule has 3 aromatic rings. The Morgan fingerprint density at radius 3 is 2.50 bits per heavy atom. The van der Waals surface area contributed by atoms with E-state index >= 15 is 0 Å². The monoisotopic (exact) mass is 447 g/mol. The molecule has 1 unspecified atom stereocenters. The number of carbonyl (C=O) groups excluding carboxylic acids is 3. The van der Waals surface area contributed by atoms with Crippen LogP contribution in [0.1, 0.15) is 57.7 Å². The molecule has 164 valence electrons. The van der Waals surface area contributed by atoms with E-state index in [1.165, 1.54) is 11.3 Å². The summed E-state index contributed by atoms with van der Waals surface area (Å²) in [6.45, 7) is 3.79. The average molecular weight is 448 g/mol. The first-order valence-electron chi connectivity index (χ1n) is 10.7. The first-order chi connectivity index (χ1) is 15.4. The van der Waals surface area contributed by atoms with Gasteiger partial charge in [-0.2, -0.15) is 0 Å². The summed E-state index contributed by atoms with van der Waals surface area (Å²) in [5.41, 5.74) is 2.65. The molecule has 2 N–H and O–H groups in total. The fraction of sp³-hybridized carbons (Fsp3) is 0.280. The van der Waals surface area contributed by atoms with Crippen LogP contribution in [0.25, 0.3) is 0 Å². The van der Waals surface area contributed by atoms with Gasteiger partial charge in [-0.3, -0.25) is 19.7 Å². The van der Waals surface area contributed by atoms with Gasteiger partial charge >= 0.3 is 0 Å². The molecule has 7 heteroatoms. The Hall–Kier alpha value is -3.32. The predicted molar refractivity (Wildman–Crippen MR) is 125 cm³/mol. The van der Waals surface area contributed by atoms with Gasteiger partial charge in [0, 0.05) is 18.5 Å². The summed E-state index contributed by atoms with van der Waals surface area (Å²) in [5.74, 6) is -0.674. The summed E-state index contributed by atoms with van der Waals surface area (Å²) in [5, 5.41) is 6.29. The molecule has 0 radical (unpaired) electrons. The summed E-state index contributed by atoms with van der Waals surface area (Å²) in [6.07, 6.45) is 2.11. The van der Waals surface area contributed by atoms with Crippen LogP contribution in [0.5, 0.6) is 0 Å². The number of benzene rings is 2. The lowest BCUT2D eigenvalue weighted by atomic mass is 9.72. The fourth-order valence-electron chi connectivity index (χ4n) is 4.14. The number of hydrogen-bond acceptors (Lipinski definition) is 5.